The van der Waals surface area contributed by atoms with E-state index in [0.717, 1.165) is 19.5 Å². The smallest absolute Gasteiger partial charge is 0.287 e. The van der Waals surface area contributed by atoms with E-state index in [1.54, 1.807) is 19.3 Å². The van der Waals surface area contributed by atoms with Gasteiger partial charge in [0.15, 0.2) is 0 Å². The maximum Gasteiger partial charge on any atom is 0.287 e. The molecular weight excluding hydrogens is 254 g/mol. The zero-order chi connectivity index (χ0) is 13.1. The van der Waals surface area contributed by atoms with Crippen LogP contribution in [0.4, 0.5) is 5.69 Å². The Morgan fingerprint density at radius 1 is 1.72 bits per heavy atom. The van der Waals surface area contributed by atoms with Gasteiger partial charge in [-0.1, -0.05) is 17.7 Å². The van der Waals surface area contributed by atoms with E-state index < -0.39 is 0 Å². The summed E-state index contributed by atoms with van der Waals surface area (Å²) in [5.41, 5.74) is 0.411. The molecule has 1 aromatic rings. The molecule has 0 aliphatic carbocycles. The molecule has 0 bridgehead atoms. The van der Waals surface area contributed by atoms with E-state index in [2.05, 4.69) is 11.7 Å². The molecule has 0 saturated carbocycles. The molecule has 5 nitrogen and oxygen atoms in total. The lowest BCUT2D eigenvalue weighted by molar-refractivity contribution is 0.0909. The van der Waals surface area contributed by atoms with Crippen LogP contribution in [0.1, 0.15) is 6.42 Å². The summed E-state index contributed by atoms with van der Waals surface area (Å²) in [6.45, 7) is 5.70. The number of rotatable bonds is 4. The average Bonchev–Trinajstić information content (AvgIpc) is 2.82. The molecule has 0 N–H and O–H groups in total. The molecule has 0 spiro atoms. The predicted octanol–water partition coefficient (Wildman–Crippen LogP) is 1.22. The van der Waals surface area contributed by atoms with Crippen molar-refractivity contribution < 1.29 is 4.74 Å². The minimum absolute atomic E-state index is 0.156. The van der Waals surface area contributed by atoms with E-state index in [4.69, 9.17) is 16.3 Å². The number of ether oxygens (including phenoxy) is 1. The van der Waals surface area contributed by atoms with Crippen LogP contribution < -0.4 is 10.5 Å². The summed E-state index contributed by atoms with van der Waals surface area (Å²) >= 11 is 6.06. The van der Waals surface area contributed by atoms with Gasteiger partial charge in [-0.2, -0.15) is 5.10 Å². The lowest BCUT2D eigenvalue weighted by atomic mass is 10.3. The van der Waals surface area contributed by atoms with E-state index in [1.165, 1.54) is 4.68 Å². The Balaban J connectivity index is 2.12. The van der Waals surface area contributed by atoms with Gasteiger partial charge in [0, 0.05) is 20.1 Å². The highest BCUT2D eigenvalue weighted by Crippen LogP contribution is 2.25. The van der Waals surface area contributed by atoms with Crippen LogP contribution >= 0.6 is 11.6 Å². The summed E-state index contributed by atoms with van der Waals surface area (Å²) in [5.74, 6) is 0. The highest BCUT2D eigenvalue weighted by atomic mass is 35.5. The van der Waals surface area contributed by atoms with Crippen LogP contribution in [0.15, 0.2) is 23.6 Å². The summed E-state index contributed by atoms with van der Waals surface area (Å²) in [6.07, 6.45) is 4.43. The maximum absolute atomic E-state index is 11.7. The third kappa shape index (κ3) is 2.57. The zero-order valence-electron chi connectivity index (χ0n) is 10.3. The molecule has 0 aromatic carbocycles. The van der Waals surface area contributed by atoms with Crippen LogP contribution in [0.2, 0.25) is 5.02 Å². The zero-order valence-corrected chi connectivity index (χ0v) is 11.1. The summed E-state index contributed by atoms with van der Waals surface area (Å²) in [7, 11) is 1.58. The molecule has 18 heavy (non-hydrogen) atoms. The van der Waals surface area contributed by atoms with Crippen molar-refractivity contribution in [3.8, 4) is 0 Å². The first kappa shape index (κ1) is 13.1. The Morgan fingerprint density at radius 3 is 3.22 bits per heavy atom. The summed E-state index contributed by atoms with van der Waals surface area (Å²) < 4.78 is 6.82. The van der Waals surface area contributed by atoms with Crippen molar-refractivity contribution in [3.63, 3.8) is 0 Å². The lowest BCUT2D eigenvalue weighted by Gasteiger charge is -2.19. The molecule has 2 heterocycles. The van der Waals surface area contributed by atoms with Crippen molar-refractivity contribution in [2.24, 2.45) is 7.05 Å². The SMILES string of the molecule is C=CCOC1CCN(c2cnn(C)c(=O)c2Cl)C1. The molecule has 98 valence electrons. The first-order valence-corrected chi connectivity index (χ1v) is 6.20. The van der Waals surface area contributed by atoms with Crippen LogP contribution in [0.5, 0.6) is 0 Å². The second kappa shape index (κ2) is 5.54. The molecule has 1 atom stereocenters. The van der Waals surface area contributed by atoms with Gasteiger partial charge in [-0.3, -0.25) is 4.79 Å². The van der Waals surface area contributed by atoms with E-state index in [1.807, 2.05) is 4.90 Å². The summed E-state index contributed by atoms with van der Waals surface area (Å²) in [4.78, 5) is 13.7. The van der Waals surface area contributed by atoms with E-state index >= 15 is 0 Å². The topological polar surface area (TPSA) is 47.4 Å². The molecule has 0 amide bonds. The maximum atomic E-state index is 11.7. The van der Waals surface area contributed by atoms with E-state index in [-0.39, 0.29) is 16.7 Å². The quantitative estimate of drug-likeness (QED) is 0.771. The number of anilines is 1. The fourth-order valence-electron chi connectivity index (χ4n) is 2.01. The van der Waals surface area contributed by atoms with Crippen molar-refractivity contribution in [3.05, 3.63) is 34.2 Å². The molecule has 1 fully saturated rings. The largest absolute Gasteiger partial charge is 0.372 e. The molecule has 1 saturated heterocycles. The van der Waals surface area contributed by atoms with Crippen molar-refractivity contribution in [2.75, 3.05) is 24.6 Å². The number of halogens is 1. The second-order valence-electron chi connectivity index (χ2n) is 4.25. The summed E-state index contributed by atoms with van der Waals surface area (Å²) in [6, 6.07) is 0. The second-order valence-corrected chi connectivity index (χ2v) is 4.63. The van der Waals surface area contributed by atoms with Crippen LogP contribution in [0, 0.1) is 0 Å². The highest BCUT2D eigenvalue weighted by Gasteiger charge is 2.25. The van der Waals surface area contributed by atoms with Crippen LogP contribution in [0.3, 0.4) is 0 Å². The van der Waals surface area contributed by atoms with Crippen LogP contribution in [0.25, 0.3) is 0 Å². The predicted molar refractivity (Wildman–Crippen MR) is 71.3 cm³/mol. The molecule has 1 aliphatic rings. The van der Waals surface area contributed by atoms with Gasteiger partial charge in [-0.25, -0.2) is 4.68 Å². The fourth-order valence-corrected chi connectivity index (χ4v) is 2.30. The van der Waals surface area contributed by atoms with Crippen molar-refractivity contribution >= 4 is 17.3 Å². The standard InChI is InChI=1S/C12H16ClN3O2/c1-3-6-18-9-4-5-16(8-9)10-7-14-15(2)12(17)11(10)13/h3,7,9H,1,4-6,8H2,2H3. The van der Waals surface area contributed by atoms with Gasteiger partial charge in [0.2, 0.25) is 0 Å². The Bertz CT molecular complexity index is 501. The first-order valence-electron chi connectivity index (χ1n) is 5.82. The Labute approximate surface area is 111 Å². The molecule has 1 aliphatic heterocycles. The van der Waals surface area contributed by atoms with Gasteiger partial charge < -0.3 is 9.64 Å². The normalized spacial score (nSPS) is 19.2. The molecule has 1 unspecified atom stereocenters. The van der Waals surface area contributed by atoms with Gasteiger partial charge in [-0.15, -0.1) is 6.58 Å². The molecule has 0 radical (unpaired) electrons. The van der Waals surface area contributed by atoms with Gasteiger partial charge in [-0.05, 0) is 6.42 Å². The first-order chi connectivity index (χ1) is 8.63. The average molecular weight is 270 g/mol. The number of hydrogen-bond acceptors (Lipinski definition) is 4. The van der Waals surface area contributed by atoms with Crippen molar-refractivity contribution in [1.82, 2.24) is 9.78 Å². The van der Waals surface area contributed by atoms with Gasteiger partial charge in [0.05, 0.1) is 24.6 Å². The third-order valence-corrected chi connectivity index (χ3v) is 3.35. The van der Waals surface area contributed by atoms with Gasteiger partial charge >= 0.3 is 0 Å². The Kier molecular flexibility index (Phi) is 4.04. The van der Waals surface area contributed by atoms with Crippen molar-refractivity contribution in [2.45, 2.75) is 12.5 Å². The van der Waals surface area contributed by atoms with Gasteiger partial charge in [0.25, 0.3) is 5.56 Å². The third-order valence-electron chi connectivity index (χ3n) is 3.00. The minimum atomic E-state index is -0.273. The molecule has 6 heteroatoms. The van der Waals surface area contributed by atoms with Crippen LogP contribution in [-0.2, 0) is 11.8 Å². The monoisotopic (exact) mass is 269 g/mol. The van der Waals surface area contributed by atoms with Gasteiger partial charge in [0.1, 0.15) is 5.02 Å². The Hall–Kier alpha value is -1.33. The minimum Gasteiger partial charge on any atom is -0.372 e. The number of nitrogens with zero attached hydrogens (tertiary/aromatic N) is 3. The number of hydrogen-bond donors (Lipinski definition) is 0. The molecular formula is C12H16ClN3O2. The van der Waals surface area contributed by atoms with Crippen molar-refractivity contribution in [1.29, 1.82) is 0 Å². The molecule has 2 rings (SSSR count). The Morgan fingerprint density at radius 2 is 2.50 bits per heavy atom. The highest BCUT2D eigenvalue weighted by molar-refractivity contribution is 6.33. The van der Waals surface area contributed by atoms with E-state index in [9.17, 15) is 4.79 Å². The molecule has 1 aromatic heterocycles. The lowest BCUT2D eigenvalue weighted by Crippen LogP contribution is -2.27. The fraction of sp³-hybridized carbons (Fsp3) is 0.500. The number of aromatic nitrogens is 2. The number of aryl methyl sites for hydroxylation is 1. The van der Waals surface area contributed by atoms with E-state index in [0.29, 0.717) is 12.3 Å². The van der Waals surface area contributed by atoms with Crippen LogP contribution in [-0.4, -0.2) is 35.6 Å². The summed E-state index contributed by atoms with van der Waals surface area (Å²) in [5, 5.41) is 4.21.